The molecule has 17 heavy (non-hydrogen) atoms. The average Bonchev–Trinajstić information content (AvgIpc) is 2.62. The van der Waals surface area contributed by atoms with Crippen molar-refractivity contribution < 1.29 is 8.42 Å². The lowest BCUT2D eigenvalue weighted by Crippen LogP contribution is -2.10. The normalized spacial score (nSPS) is 24.8. The highest BCUT2D eigenvalue weighted by Gasteiger charge is 2.33. The standard InChI is InChI=1S/C12H14BrClO2S/c1-8-2-3-9(6-11(8)14)12(13)10-4-5-17(15,16)7-10/h2-3,6,10,12H,4-5,7H2,1H3. The number of hydrogen-bond acceptors (Lipinski definition) is 2. The molecular weight excluding hydrogens is 324 g/mol. The van der Waals surface area contributed by atoms with Crippen LogP contribution in [0.4, 0.5) is 0 Å². The lowest BCUT2D eigenvalue weighted by molar-refractivity contribution is 0.580. The molecule has 0 radical (unpaired) electrons. The van der Waals surface area contributed by atoms with Crippen LogP contribution in [-0.2, 0) is 9.84 Å². The van der Waals surface area contributed by atoms with Gasteiger partial charge in [-0.3, -0.25) is 0 Å². The Balaban J connectivity index is 2.20. The van der Waals surface area contributed by atoms with Gasteiger partial charge in [-0.2, -0.15) is 0 Å². The second-order valence-corrected chi connectivity index (χ2v) is 8.20. The third-order valence-corrected chi connectivity index (χ3v) is 6.67. The monoisotopic (exact) mass is 336 g/mol. The largest absolute Gasteiger partial charge is 0.229 e. The van der Waals surface area contributed by atoms with E-state index in [0.717, 1.165) is 22.6 Å². The van der Waals surface area contributed by atoms with Crippen LogP contribution in [0.25, 0.3) is 0 Å². The summed E-state index contributed by atoms with van der Waals surface area (Å²) in [4.78, 5) is 0.0675. The van der Waals surface area contributed by atoms with Gasteiger partial charge in [0.15, 0.2) is 9.84 Å². The Morgan fingerprint density at radius 3 is 2.71 bits per heavy atom. The summed E-state index contributed by atoms with van der Waals surface area (Å²) in [5, 5.41) is 0.729. The predicted molar refractivity (Wildman–Crippen MR) is 74.6 cm³/mol. The third-order valence-electron chi connectivity index (χ3n) is 3.20. The third kappa shape index (κ3) is 3.04. The molecule has 1 aliphatic rings. The first-order chi connectivity index (χ1) is 7.89. The van der Waals surface area contributed by atoms with Gasteiger partial charge in [-0.25, -0.2) is 8.42 Å². The van der Waals surface area contributed by atoms with E-state index in [1.165, 1.54) is 0 Å². The first kappa shape index (κ1) is 13.4. The summed E-state index contributed by atoms with van der Waals surface area (Å²) in [6.07, 6.45) is 0.726. The lowest BCUT2D eigenvalue weighted by Gasteiger charge is -2.17. The van der Waals surface area contributed by atoms with Gasteiger partial charge in [0.05, 0.1) is 11.5 Å². The SMILES string of the molecule is Cc1ccc(C(Br)C2CCS(=O)(=O)C2)cc1Cl. The Labute approximate surface area is 115 Å². The number of benzene rings is 1. The van der Waals surface area contributed by atoms with Crippen LogP contribution in [0.3, 0.4) is 0 Å². The van der Waals surface area contributed by atoms with E-state index in [9.17, 15) is 8.42 Å². The van der Waals surface area contributed by atoms with Crippen LogP contribution in [0.5, 0.6) is 0 Å². The van der Waals surface area contributed by atoms with Gasteiger partial charge in [-0.15, -0.1) is 0 Å². The molecule has 2 nitrogen and oxygen atoms in total. The summed E-state index contributed by atoms with van der Waals surface area (Å²) < 4.78 is 22.9. The van der Waals surface area contributed by atoms with Crippen LogP contribution >= 0.6 is 27.5 Å². The molecule has 2 atom stereocenters. The summed E-state index contributed by atoms with van der Waals surface area (Å²) >= 11 is 9.68. The maximum atomic E-state index is 11.5. The highest BCUT2D eigenvalue weighted by Crippen LogP contribution is 2.38. The fourth-order valence-corrected chi connectivity index (χ4v) is 5.12. The van der Waals surface area contributed by atoms with Gasteiger partial charge in [0, 0.05) is 9.85 Å². The molecule has 0 N–H and O–H groups in total. The predicted octanol–water partition coefficient (Wildman–Crippen LogP) is 3.52. The first-order valence-electron chi connectivity index (χ1n) is 5.49. The molecule has 0 saturated carbocycles. The summed E-state index contributed by atoms with van der Waals surface area (Å²) in [5.74, 6) is 0.729. The number of sulfone groups is 1. The van der Waals surface area contributed by atoms with E-state index < -0.39 is 9.84 Å². The van der Waals surface area contributed by atoms with Gasteiger partial charge in [0.25, 0.3) is 0 Å². The van der Waals surface area contributed by atoms with Crippen molar-refractivity contribution in [2.45, 2.75) is 18.2 Å². The van der Waals surface area contributed by atoms with Crippen molar-refractivity contribution in [2.24, 2.45) is 5.92 Å². The highest BCUT2D eigenvalue weighted by molar-refractivity contribution is 9.09. The van der Waals surface area contributed by atoms with E-state index in [0.29, 0.717) is 5.75 Å². The van der Waals surface area contributed by atoms with Crippen molar-refractivity contribution in [1.29, 1.82) is 0 Å². The van der Waals surface area contributed by atoms with Gasteiger partial charge in [0.2, 0.25) is 0 Å². The molecule has 5 heteroatoms. The Bertz CT molecular complexity index is 527. The van der Waals surface area contributed by atoms with Crippen molar-refractivity contribution in [3.8, 4) is 0 Å². The maximum absolute atomic E-state index is 11.5. The molecule has 2 unspecified atom stereocenters. The van der Waals surface area contributed by atoms with E-state index in [1.54, 1.807) is 0 Å². The van der Waals surface area contributed by atoms with Crippen LogP contribution in [0, 0.1) is 12.8 Å². The van der Waals surface area contributed by atoms with Crippen molar-refractivity contribution in [2.75, 3.05) is 11.5 Å². The molecule has 1 fully saturated rings. The van der Waals surface area contributed by atoms with Crippen molar-refractivity contribution in [3.05, 3.63) is 34.3 Å². The summed E-state index contributed by atoms with van der Waals surface area (Å²) in [6, 6.07) is 5.89. The molecule has 0 aromatic heterocycles. The summed E-state index contributed by atoms with van der Waals surface area (Å²) in [5.41, 5.74) is 2.09. The van der Waals surface area contributed by atoms with Crippen molar-refractivity contribution in [3.63, 3.8) is 0 Å². The number of aryl methyl sites for hydroxylation is 1. The van der Waals surface area contributed by atoms with Crippen molar-refractivity contribution >= 4 is 37.4 Å². The first-order valence-corrected chi connectivity index (χ1v) is 8.61. The van der Waals surface area contributed by atoms with E-state index in [-0.39, 0.29) is 16.5 Å². The topological polar surface area (TPSA) is 34.1 Å². The minimum Gasteiger partial charge on any atom is -0.229 e. The molecule has 1 aliphatic heterocycles. The highest BCUT2D eigenvalue weighted by atomic mass is 79.9. The van der Waals surface area contributed by atoms with Gasteiger partial charge in [-0.05, 0) is 36.5 Å². The molecule has 0 amide bonds. The van der Waals surface area contributed by atoms with Crippen LogP contribution in [0.15, 0.2) is 18.2 Å². The molecule has 2 rings (SSSR count). The molecule has 0 spiro atoms. The van der Waals surface area contributed by atoms with Crippen LogP contribution in [0.2, 0.25) is 5.02 Å². The molecule has 0 aliphatic carbocycles. The minimum absolute atomic E-state index is 0.0675. The maximum Gasteiger partial charge on any atom is 0.150 e. The number of halogens is 2. The Hall–Kier alpha value is -0.0600. The second-order valence-electron chi connectivity index (χ2n) is 4.57. The van der Waals surface area contributed by atoms with Crippen molar-refractivity contribution in [1.82, 2.24) is 0 Å². The Kier molecular flexibility index (Phi) is 3.86. The van der Waals surface area contributed by atoms with Gasteiger partial charge in [0.1, 0.15) is 0 Å². The van der Waals surface area contributed by atoms with Gasteiger partial charge >= 0.3 is 0 Å². The fourth-order valence-electron chi connectivity index (χ4n) is 2.11. The smallest absolute Gasteiger partial charge is 0.150 e. The zero-order valence-corrected chi connectivity index (χ0v) is 12.6. The van der Waals surface area contributed by atoms with Gasteiger partial charge < -0.3 is 0 Å². The Morgan fingerprint density at radius 1 is 1.47 bits per heavy atom. The van der Waals surface area contributed by atoms with E-state index in [4.69, 9.17) is 11.6 Å². The molecule has 0 bridgehead atoms. The van der Waals surface area contributed by atoms with E-state index in [2.05, 4.69) is 15.9 Å². The lowest BCUT2D eigenvalue weighted by atomic mass is 9.98. The number of alkyl halides is 1. The van der Waals surface area contributed by atoms with Crippen LogP contribution < -0.4 is 0 Å². The quantitative estimate of drug-likeness (QED) is 0.774. The number of rotatable bonds is 2. The van der Waals surface area contributed by atoms with Crippen LogP contribution in [-0.4, -0.2) is 19.9 Å². The Morgan fingerprint density at radius 2 is 2.18 bits per heavy atom. The van der Waals surface area contributed by atoms with Crippen LogP contribution in [0.1, 0.15) is 22.4 Å². The molecule has 1 saturated heterocycles. The molecule has 1 aromatic rings. The van der Waals surface area contributed by atoms with E-state index in [1.807, 2.05) is 25.1 Å². The molecule has 1 heterocycles. The zero-order chi connectivity index (χ0) is 12.6. The average molecular weight is 338 g/mol. The molecule has 1 aromatic carbocycles. The van der Waals surface area contributed by atoms with Gasteiger partial charge in [-0.1, -0.05) is 39.7 Å². The fraction of sp³-hybridized carbons (Fsp3) is 0.500. The van der Waals surface area contributed by atoms with E-state index >= 15 is 0 Å². The zero-order valence-electron chi connectivity index (χ0n) is 9.49. The molecule has 94 valence electrons. The molecular formula is C12H14BrClO2S. The summed E-state index contributed by atoms with van der Waals surface area (Å²) in [6.45, 7) is 1.95. The minimum atomic E-state index is -2.83. The summed E-state index contributed by atoms with van der Waals surface area (Å²) in [7, 11) is -2.83. The second kappa shape index (κ2) is 4.90. The number of hydrogen-bond donors (Lipinski definition) is 0.